The molecule has 0 fully saturated rings. The van der Waals surface area contributed by atoms with Gasteiger partial charge in [-0.15, -0.1) is 11.3 Å². The first-order valence-electron chi connectivity index (χ1n) is 6.22. The summed E-state index contributed by atoms with van der Waals surface area (Å²) in [6.45, 7) is 0. The van der Waals surface area contributed by atoms with Crippen LogP contribution in [0.25, 0.3) is 0 Å². The van der Waals surface area contributed by atoms with Gasteiger partial charge in [0.05, 0.1) is 9.90 Å². The van der Waals surface area contributed by atoms with Crippen LogP contribution in [-0.2, 0) is 19.3 Å². The highest BCUT2D eigenvalue weighted by atomic mass is 35.5. The van der Waals surface area contributed by atoms with Gasteiger partial charge in [0.15, 0.2) is 5.78 Å². The molecule has 0 amide bonds. The summed E-state index contributed by atoms with van der Waals surface area (Å²) < 4.78 is 13.3. The second-order valence-electron chi connectivity index (χ2n) is 4.76. The van der Waals surface area contributed by atoms with Crippen molar-refractivity contribution >= 4 is 28.7 Å². The lowest BCUT2D eigenvalue weighted by Gasteiger charge is -2.01. The topological polar surface area (TPSA) is 17.1 Å². The Kier molecular flexibility index (Phi) is 3.42. The minimum Gasteiger partial charge on any atom is -0.293 e. The fourth-order valence-electron chi connectivity index (χ4n) is 2.39. The molecule has 19 heavy (non-hydrogen) atoms. The van der Waals surface area contributed by atoms with E-state index in [0.29, 0.717) is 5.56 Å². The Bertz CT molecular complexity index is 626. The summed E-state index contributed by atoms with van der Waals surface area (Å²) >= 11 is 7.21. The van der Waals surface area contributed by atoms with Gasteiger partial charge in [0.1, 0.15) is 5.82 Å². The van der Waals surface area contributed by atoms with Gasteiger partial charge in [0.25, 0.3) is 0 Å². The van der Waals surface area contributed by atoms with Crippen LogP contribution in [0.1, 0.15) is 32.1 Å². The van der Waals surface area contributed by atoms with Gasteiger partial charge in [-0.05, 0) is 48.6 Å². The molecule has 0 saturated heterocycles. The summed E-state index contributed by atoms with van der Waals surface area (Å²) in [4.78, 5) is 14.3. The maximum absolute atomic E-state index is 13.3. The van der Waals surface area contributed by atoms with Crippen LogP contribution in [0.15, 0.2) is 24.3 Å². The molecule has 98 valence electrons. The summed E-state index contributed by atoms with van der Waals surface area (Å²) in [7, 11) is 0. The van der Waals surface area contributed by atoms with Gasteiger partial charge >= 0.3 is 0 Å². The molecule has 1 aliphatic carbocycles. The van der Waals surface area contributed by atoms with Gasteiger partial charge in [-0.3, -0.25) is 4.79 Å². The number of hydrogen-bond donors (Lipinski definition) is 0. The highest BCUT2D eigenvalue weighted by Gasteiger charge is 2.18. The Morgan fingerprint density at radius 3 is 2.89 bits per heavy atom. The zero-order chi connectivity index (χ0) is 13.4. The normalized spacial score (nSPS) is 13.6. The summed E-state index contributed by atoms with van der Waals surface area (Å²) in [6.07, 6.45) is 3.59. The van der Waals surface area contributed by atoms with E-state index in [1.165, 1.54) is 29.0 Å². The highest BCUT2D eigenvalue weighted by molar-refractivity contribution is 7.14. The fourth-order valence-corrected chi connectivity index (χ4v) is 3.70. The largest absolute Gasteiger partial charge is 0.293 e. The van der Waals surface area contributed by atoms with Crippen LogP contribution in [-0.4, -0.2) is 5.78 Å². The first kappa shape index (κ1) is 12.8. The quantitative estimate of drug-likeness (QED) is 0.764. The number of ketones is 1. The molecule has 2 aromatic rings. The van der Waals surface area contributed by atoms with Crippen molar-refractivity contribution < 1.29 is 9.18 Å². The molecule has 0 aliphatic heterocycles. The lowest BCUT2D eigenvalue weighted by molar-refractivity contribution is 0.0996. The zero-order valence-electron chi connectivity index (χ0n) is 10.2. The lowest BCUT2D eigenvalue weighted by Crippen LogP contribution is -2.01. The molecule has 1 aliphatic rings. The third-order valence-corrected chi connectivity index (χ3v) is 4.95. The Morgan fingerprint density at radius 1 is 1.32 bits per heavy atom. The molecular weight excluding hydrogens is 283 g/mol. The average Bonchev–Trinajstić information content (AvgIpc) is 2.94. The van der Waals surface area contributed by atoms with Crippen LogP contribution in [0.2, 0.25) is 5.02 Å². The maximum Gasteiger partial charge on any atom is 0.177 e. The molecule has 1 aromatic heterocycles. The molecule has 0 saturated carbocycles. The summed E-state index contributed by atoms with van der Waals surface area (Å²) in [5.74, 6) is -0.415. The molecule has 0 unspecified atom stereocenters. The number of thiophene rings is 1. The molecule has 0 atom stereocenters. The number of fused-ring (bicyclic) bond motifs is 1. The van der Waals surface area contributed by atoms with Crippen LogP contribution in [0, 0.1) is 5.82 Å². The van der Waals surface area contributed by atoms with Gasteiger partial charge in [0.2, 0.25) is 0 Å². The van der Waals surface area contributed by atoms with Crippen molar-refractivity contribution in [2.75, 3.05) is 0 Å². The summed E-state index contributed by atoms with van der Waals surface area (Å²) in [6, 6.07) is 6.53. The van der Waals surface area contributed by atoms with E-state index in [4.69, 9.17) is 11.6 Å². The van der Waals surface area contributed by atoms with E-state index in [0.717, 1.165) is 17.7 Å². The first-order chi connectivity index (χ1) is 9.13. The Labute approximate surface area is 120 Å². The predicted molar refractivity (Wildman–Crippen MR) is 75.8 cm³/mol. The van der Waals surface area contributed by atoms with E-state index < -0.39 is 5.82 Å². The maximum atomic E-state index is 13.3. The molecule has 1 aromatic carbocycles. The van der Waals surface area contributed by atoms with Crippen molar-refractivity contribution in [2.45, 2.75) is 25.7 Å². The van der Waals surface area contributed by atoms with Crippen LogP contribution in [0.5, 0.6) is 0 Å². The van der Waals surface area contributed by atoms with E-state index >= 15 is 0 Å². The van der Waals surface area contributed by atoms with E-state index in [2.05, 4.69) is 0 Å². The monoisotopic (exact) mass is 294 g/mol. The third kappa shape index (κ3) is 2.58. The molecule has 0 N–H and O–H groups in total. The van der Waals surface area contributed by atoms with E-state index in [9.17, 15) is 9.18 Å². The fraction of sp³-hybridized carbons (Fsp3) is 0.267. The number of carbonyl (C=O) groups excluding carboxylic acids is 1. The molecular formula is C15H12ClFOS. The van der Waals surface area contributed by atoms with Crippen molar-refractivity contribution in [3.63, 3.8) is 0 Å². The number of rotatable bonds is 3. The smallest absolute Gasteiger partial charge is 0.177 e. The van der Waals surface area contributed by atoms with E-state index in [1.54, 1.807) is 17.4 Å². The van der Waals surface area contributed by atoms with Crippen molar-refractivity contribution in [2.24, 2.45) is 0 Å². The van der Waals surface area contributed by atoms with Gasteiger partial charge in [-0.25, -0.2) is 4.39 Å². The van der Waals surface area contributed by atoms with Crippen LogP contribution < -0.4 is 0 Å². The SMILES string of the molecule is O=C(Cc1ccc(Cl)c(F)c1)c1cc2c(s1)CCC2. The molecule has 0 radical (unpaired) electrons. The Balaban J connectivity index is 1.78. The van der Waals surface area contributed by atoms with Gasteiger partial charge in [-0.2, -0.15) is 0 Å². The second-order valence-corrected chi connectivity index (χ2v) is 6.30. The third-order valence-electron chi connectivity index (χ3n) is 3.37. The van der Waals surface area contributed by atoms with Crippen LogP contribution in [0.3, 0.4) is 0 Å². The predicted octanol–water partition coefficient (Wildman–Crippen LogP) is 4.45. The van der Waals surface area contributed by atoms with Crippen LogP contribution >= 0.6 is 22.9 Å². The van der Waals surface area contributed by atoms with E-state index in [1.807, 2.05) is 6.07 Å². The number of hydrogen-bond acceptors (Lipinski definition) is 2. The number of Topliss-reactive ketones (excluding diaryl/α,β-unsaturated/α-hetero) is 1. The Hall–Kier alpha value is -1.19. The molecule has 1 heterocycles. The van der Waals surface area contributed by atoms with Crippen LogP contribution in [0.4, 0.5) is 4.39 Å². The average molecular weight is 295 g/mol. The van der Waals surface area contributed by atoms with Gasteiger partial charge < -0.3 is 0 Å². The molecule has 0 bridgehead atoms. The van der Waals surface area contributed by atoms with Gasteiger partial charge in [0, 0.05) is 11.3 Å². The first-order valence-corrected chi connectivity index (χ1v) is 7.41. The standard InChI is InChI=1S/C15H12ClFOS/c16-11-5-4-9(6-12(11)17)7-13(18)15-8-10-2-1-3-14(10)19-15/h4-6,8H,1-3,7H2. The lowest BCUT2D eigenvalue weighted by atomic mass is 10.1. The Morgan fingerprint density at radius 2 is 2.16 bits per heavy atom. The molecule has 3 rings (SSSR count). The van der Waals surface area contributed by atoms with E-state index in [-0.39, 0.29) is 17.2 Å². The molecule has 0 spiro atoms. The molecule has 4 heteroatoms. The molecule has 1 nitrogen and oxygen atoms in total. The number of halogens is 2. The van der Waals surface area contributed by atoms with Crippen molar-refractivity contribution in [3.8, 4) is 0 Å². The number of benzene rings is 1. The second kappa shape index (κ2) is 5.06. The summed E-state index contributed by atoms with van der Waals surface area (Å²) in [5.41, 5.74) is 1.98. The van der Waals surface area contributed by atoms with Gasteiger partial charge in [-0.1, -0.05) is 17.7 Å². The zero-order valence-corrected chi connectivity index (χ0v) is 11.8. The summed E-state index contributed by atoms with van der Waals surface area (Å²) in [5, 5.41) is 0.0892. The number of carbonyl (C=O) groups is 1. The number of aryl methyl sites for hydroxylation is 2. The van der Waals surface area contributed by atoms with Crippen molar-refractivity contribution in [1.29, 1.82) is 0 Å². The minimum atomic E-state index is -0.472. The highest BCUT2D eigenvalue weighted by Crippen LogP contribution is 2.31. The minimum absolute atomic E-state index is 0.0566. The van der Waals surface area contributed by atoms with Crippen molar-refractivity contribution in [3.05, 3.63) is 56.0 Å². The van der Waals surface area contributed by atoms with Crippen molar-refractivity contribution in [1.82, 2.24) is 0 Å².